The number of fused-ring (bicyclic) bond motifs is 1. The van der Waals surface area contributed by atoms with E-state index in [4.69, 9.17) is 28.3 Å². The highest BCUT2D eigenvalue weighted by Crippen LogP contribution is 2.21. The molecule has 0 saturated carbocycles. The molecule has 6 aromatic rings. The maximum atomic E-state index is 8.87. The molecule has 6 rings (SSSR count). The summed E-state index contributed by atoms with van der Waals surface area (Å²) in [5.74, 6) is 0. The van der Waals surface area contributed by atoms with Crippen molar-refractivity contribution in [1.82, 2.24) is 39.3 Å². The fourth-order valence-electron chi connectivity index (χ4n) is 3.82. The zero-order valence-corrected chi connectivity index (χ0v) is 21.8. The highest BCUT2D eigenvalue weighted by molar-refractivity contribution is 6.35. The average Bonchev–Trinajstić information content (AvgIpc) is 3.69. The second-order valence-electron chi connectivity index (χ2n) is 8.55. The Balaban J connectivity index is 0.000000179. The smallest absolute Gasteiger partial charge is 0.225 e. The van der Waals surface area contributed by atoms with E-state index in [1.54, 1.807) is 17.1 Å². The van der Waals surface area contributed by atoms with Gasteiger partial charge in [0.25, 0.3) is 0 Å². The number of hydrogen-bond acceptors (Lipinski definition) is 6. The predicted octanol–water partition coefficient (Wildman–Crippen LogP) is 4.85. The predicted molar refractivity (Wildman–Crippen MR) is 146 cm³/mol. The van der Waals surface area contributed by atoms with Crippen LogP contribution in [-0.2, 0) is 26.2 Å². The van der Waals surface area contributed by atoms with E-state index in [2.05, 4.69) is 49.5 Å². The molecule has 0 aliphatic heterocycles. The molecule has 1 N–H and O–H groups in total. The molecule has 192 valence electrons. The first kappa shape index (κ1) is 25.6. The Hall–Kier alpha value is -4.05. The lowest BCUT2D eigenvalue weighted by atomic mass is 10.1. The third-order valence-corrected chi connectivity index (χ3v) is 6.19. The Morgan fingerprint density at radius 1 is 0.658 bits per heavy atom. The summed E-state index contributed by atoms with van der Waals surface area (Å²) in [6.45, 7) is 2.25. The van der Waals surface area contributed by atoms with Crippen LogP contribution in [0.4, 0.5) is 0 Å². The van der Waals surface area contributed by atoms with Gasteiger partial charge in [-0.2, -0.15) is 20.3 Å². The number of hydrogen-bond donors (Lipinski definition) is 1. The molecule has 0 unspecified atom stereocenters. The molecular formula is C27H24Cl2N8O. The lowest BCUT2D eigenvalue weighted by molar-refractivity contribution is 0.282. The van der Waals surface area contributed by atoms with Crippen LogP contribution in [0.5, 0.6) is 0 Å². The minimum absolute atomic E-state index is 0.0979. The zero-order valence-electron chi connectivity index (χ0n) is 20.3. The zero-order chi connectivity index (χ0) is 26.3. The number of aromatic nitrogens is 8. The average molecular weight is 547 g/mol. The minimum atomic E-state index is 0.0979. The van der Waals surface area contributed by atoms with Gasteiger partial charge in [0, 0.05) is 31.0 Å². The van der Waals surface area contributed by atoms with Gasteiger partial charge < -0.3 is 5.11 Å². The van der Waals surface area contributed by atoms with Gasteiger partial charge in [-0.1, -0.05) is 60.1 Å². The van der Waals surface area contributed by atoms with E-state index >= 15 is 0 Å². The highest BCUT2D eigenvalue weighted by Gasteiger charge is 2.09. The fourth-order valence-corrected chi connectivity index (χ4v) is 4.24. The topological polar surface area (TPSA) is 99.5 Å². The highest BCUT2D eigenvalue weighted by atomic mass is 35.5. The van der Waals surface area contributed by atoms with E-state index in [1.807, 2.05) is 64.4 Å². The molecule has 4 heterocycles. The van der Waals surface area contributed by atoms with Crippen LogP contribution >= 0.6 is 23.2 Å². The van der Waals surface area contributed by atoms with Crippen LogP contribution in [0.25, 0.3) is 11.0 Å². The van der Waals surface area contributed by atoms with Gasteiger partial charge in [0.15, 0.2) is 5.65 Å². The van der Waals surface area contributed by atoms with Crippen molar-refractivity contribution in [2.24, 2.45) is 0 Å². The summed E-state index contributed by atoms with van der Waals surface area (Å²) in [5, 5.41) is 22.7. The third kappa shape index (κ3) is 6.63. The molecule has 4 aromatic heterocycles. The Morgan fingerprint density at radius 3 is 1.63 bits per heavy atom. The molecule has 0 spiro atoms. The number of halogens is 2. The second-order valence-corrected chi connectivity index (χ2v) is 9.24. The van der Waals surface area contributed by atoms with Crippen molar-refractivity contribution in [3.8, 4) is 0 Å². The van der Waals surface area contributed by atoms with Gasteiger partial charge in [0.1, 0.15) is 5.15 Å². The molecule has 0 fully saturated rings. The van der Waals surface area contributed by atoms with Gasteiger partial charge in [-0.05, 0) is 46.0 Å². The van der Waals surface area contributed by atoms with Crippen molar-refractivity contribution in [3.05, 3.63) is 124 Å². The Labute approximate surface area is 228 Å². The monoisotopic (exact) mass is 546 g/mol. The lowest BCUT2D eigenvalue weighted by Crippen LogP contribution is -2.02. The van der Waals surface area contributed by atoms with Gasteiger partial charge in [-0.25, -0.2) is 4.98 Å². The Morgan fingerprint density at radius 2 is 1.16 bits per heavy atom. The molecule has 9 nitrogen and oxygen atoms in total. The second kappa shape index (κ2) is 12.0. The van der Waals surface area contributed by atoms with E-state index in [0.717, 1.165) is 24.2 Å². The summed E-state index contributed by atoms with van der Waals surface area (Å²) in [7, 11) is 0. The van der Waals surface area contributed by atoms with E-state index in [1.165, 1.54) is 11.1 Å². The van der Waals surface area contributed by atoms with Crippen LogP contribution in [0.2, 0.25) is 10.4 Å². The SMILES string of the molecule is Clc1nc(Cl)c2cn(Cc3ccc(Cn4cccn4)cc3)nc2n1.OCc1ccc(Cn2cccn2)cc1. The first-order chi connectivity index (χ1) is 18.6. The Bertz CT molecular complexity index is 1580. The number of nitrogens with zero attached hydrogens (tertiary/aromatic N) is 8. The maximum absolute atomic E-state index is 8.87. The molecule has 0 saturated heterocycles. The number of aliphatic hydroxyl groups is 1. The molecule has 38 heavy (non-hydrogen) atoms. The van der Waals surface area contributed by atoms with Crippen LogP contribution in [-0.4, -0.2) is 44.4 Å². The first-order valence-corrected chi connectivity index (χ1v) is 12.6. The van der Waals surface area contributed by atoms with Crippen LogP contribution in [0.3, 0.4) is 0 Å². The summed E-state index contributed by atoms with van der Waals surface area (Å²) in [6, 6.07) is 20.0. The lowest BCUT2D eigenvalue weighted by Gasteiger charge is -2.05. The van der Waals surface area contributed by atoms with E-state index in [0.29, 0.717) is 22.7 Å². The number of benzene rings is 2. The summed E-state index contributed by atoms with van der Waals surface area (Å²) >= 11 is 11.9. The fraction of sp³-hybridized carbons (Fsp3) is 0.148. The van der Waals surface area contributed by atoms with Crippen LogP contribution in [0.1, 0.15) is 22.3 Å². The quantitative estimate of drug-likeness (QED) is 0.227. The number of rotatable bonds is 7. The molecule has 0 bridgehead atoms. The summed E-state index contributed by atoms with van der Waals surface area (Å²) in [5.41, 5.74) is 4.94. The van der Waals surface area contributed by atoms with Crippen LogP contribution < -0.4 is 0 Å². The number of aliphatic hydroxyl groups excluding tert-OH is 1. The maximum Gasteiger partial charge on any atom is 0.225 e. The van der Waals surface area contributed by atoms with Crippen LogP contribution in [0.15, 0.2) is 91.6 Å². The standard InChI is InChI=1S/C16H12Cl2N6.C11H12N2O/c17-14-13-10-24(22-15(13)21-16(18)20-14)9-12-4-2-11(3-5-12)8-23-7-1-6-19-23;14-9-11-4-2-10(3-5-11)8-13-7-1-6-12-13/h1-7,10H,8-9H2;1-7,14H,8-9H2. The molecule has 0 aliphatic carbocycles. The van der Waals surface area contributed by atoms with E-state index < -0.39 is 0 Å². The van der Waals surface area contributed by atoms with Crippen molar-refractivity contribution < 1.29 is 5.11 Å². The van der Waals surface area contributed by atoms with Crippen molar-refractivity contribution >= 4 is 34.2 Å². The molecular weight excluding hydrogens is 523 g/mol. The third-order valence-electron chi connectivity index (χ3n) is 5.73. The van der Waals surface area contributed by atoms with Gasteiger partial charge in [-0.15, -0.1) is 0 Å². The van der Waals surface area contributed by atoms with E-state index in [-0.39, 0.29) is 11.9 Å². The molecule has 0 atom stereocenters. The molecule has 11 heteroatoms. The van der Waals surface area contributed by atoms with Crippen molar-refractivity contribution in [2.75, 3.05) is 0 Å². The molecule has 0 aliphatic rings. The summed E-state index contributed by atoms with van der Waals surface area (Å²) in [4.78, 5) is 8.01. The van der Waals surface area contributed by atoms with Crippen molar-refractivity contribution in [3.63, 3.8) is 0 Å². The largest absolute Gasteiger partial charge is 0.392 e. The first-order valence-electron chi connectivity index (χ1n) is 11.8. The van der Waals surface area contributed by atoms with Crippen LogP contribution in [0, 0.1) is 0 Å². The van der Waals surface area contributed by atoms with Crippen molar-refractivity contribution in [2.45, 2.75) is 26.2 Å². The van der Waals surface area contributed by atoms with Gasteiger partial charge >= 0.3 is 0 Å². The van der Waals surface area contributed by atoms with Gasteiger partial charge in [0.05, 0.1) is 31.6 Å². The molecule has 0 radical (unpaired) electrons. The molecule has 2 aromatic carbocycles. The molecule has 0 amide bonds. The Kier molecular flexibility index (Phi) is 8.08. The van der Waals surface area contributed by atoms with Gasteiger partial charge in [0.2, 0.25) is 5.28 Å². The minimum Gasteiger partial charge on any atom is -0.392 e. The summed E-state index contributed by atoms with van der Waals surface area (Å²) in [6.07, 6.45) is 9.24. The normalized spacial score (nSPS) is 10.9. The summed E-state index contributed by atoms with van der Waals surface area (Å²) < 4.78 is 5.54. The van der Waals surface area contributed by atoms with E-state index in [9.17, 15) is 0 Å². The van der Waals surface area contributed by atoms with Crippen molar-refractivity contribution in [1.29, 1.82) is 0 Å². The van der Waals surface area contributed by atoms with Gasteiger partial charge in [-0.3, -0.25) is 14.0 Å².